The number of anilines is 1. The third kappa shape index (κ3) is 2.48. The third-order valence-electron chi connectivity index (χ3n) is 3.93. The Morgan fingerprint density at radius 3 is 2.76 bits per heavy atom. The fourth-order valence-electron chi connectivity index (χ4n) is 2.62. The summed E-state index contributed by atoms with van der Waals surface area (Å²) in [5.41, 5.74) is 0.427. The zero-order valence-electron chi connectivity index (χ0n) is 12.2. The number of nitrogens with zero attached hydrogens (tertiary/aromatic N) is 3. The average molecular weight is 307 g/mol. The molecule has 0 atom stereocenters. The fraction of sp³-hybridized carbons (Fsp3) is 0.467. The molecular weight excluding hydrogens is 289 g/mol. The molecule has 1 saturated heterocycles. The zero-order valence-corrected chi connectivity index (χ0v) is 13.0. The number of fused-ring (bicyclic) bond motifs is 1. The zero-order chi connectivity index (χ0) is 15.0. The largest absolute Gasteiger partial charge is 0.346 e. The Morgan fingerprint density at radius 2 is 2.14 bits per heavy atom. The van der Waals surface area contributed by atoms with Gasteiger partial charge in [0.15, 0.2) is 5.13 Å². The molecule has 4 nitrogen and oxygen atoms in total. The predicted molar refractivity (Wildman–Crippen MR) is 83.2 cm³/mol. The Bertz CT molecular complexity index is 662. The van der Waals surface area contributed by atoms with Crippen LogP contribution in [0, 0.1) is 11.7 Å². The van der Waals surface area contributed by atoms with Crippen LogP contribution in [0.15, 0.2) is 18.2 Å². The fourth-order valence-corrected chi connectivity index (χ4v) is 3.62. The molecule has 0 radical (unpaired) electrons. The molecule has 1 aromatic heterocycles. The highest BCUT2D eigenvalue weighted by Crippen LogP contribution is 2.34. The highest BCUT2D eigenvalue weighted by molar-refractivity contribution is 7.22. The van der Waals surface area contributed by atoms with Crippen molar-refractivity contribution in [1.29, 1.82) is 0 Å². The van der Waals surface area contributed by atoms with E-state index in [1.807, 2.05) is 24.8 Å². The van der Waals surface area contributed by atoms with Crippen molar-refractivity contribution in [2.24, 2.45) is 5.92 Å². The summed E-state index contributed by atoms with van der Waals surface area (Å²) in [5.74, 6) is -0.0309. The highest BCUT2D eigenvalue weighted by atomic mass is 32.1. The molecule has 0 spiro atoms. The summed E-state index contributed by atoms with van der Waals surface area (Å²) in [6.45, 7) is 6.84. The SMILES string of the molecule is CCN(CC)C(=O)C1CN(c2nc3c(F)cccc3s2)C1. The summed E-state index contributed by atoms with van der Waals surface area (Å²) in [4.78, 5) is 20.5. The number of para-hydroxylation sites is 1. The number of halogens is 1. The van der Waals surface area contributed by atoms with E-state index in [-0.39, 0.29) is 17.6 Å². The number of thiazole rings is 1. The molecule has 2 heterocycles. The van der Waals surface area contributed by atoms with E-state index in [1.54, 1.807) is 6.07 Å². The van der Waals surface area contributed by atoms with Crippen LogP contribution in [0.4, 0.5) is 9.52 Å². The number of rotatable bonds is 4. The molecule has 0 bridgehead atoms. The van der Waals surface area contributed by atoms with Gasteiger partial charge in [-0.05, 0) is 26.0 Å². The topological polar surface area (TPSA) is 36.4 Å². The van der Waals surface area contributed by atoms with Crippen molar-refractivity contribution < 1.29 is 9.18 Å². The van der Waals surface area contributed by atoms with Crippen LogP contribution in [0.25, 0.3) is 10.2 Å². The quantitative estimate of drug-likeness (QED) is 0.871. The number of aromatic nitrogens is 1. The first-order valence-corrected chi connectivity index (χ1v) is 8.04. The number of carbonyl (C=O) groups is 1. The summed E-state index contributed by atoms with van der Waals surface area (Å²) in [7, 11) is 0. The van der Waals surface area contributed by atoms with Crippen molar-refractivity contribution in [3.63, 3.8) is 0 Å². The number of benzene rings is 1. The van der Waals surface area contributed by atoms with Crippen molar-refractivity contribution in [3.8, 4) is 0 Å². The second kappa shape index (κ2) is 5.60. The maximum Gasteiger partial charge on any atom is 0.229 e. The Hall–Kier alpha value is -1.69. The second-order valence-corrected chi connectivity index (χ2v) is 6.20. The van der Waals surface area contributed by atoms with Crippen LogP contribution in [0.2, 0.25) is 0 Å². The molecule has 1 amide bonds. The minimum Gasteiger partial charge on any atom is -0.346 e. The van der Waals surface area contributed by atoms with E-state index in [2.05, 4.69) is 9.88 Å². The van der Waals surface area contributed by atoms with Crippen molar-refractivity contribution in [3.05, 3.63) is 24.0 Å². The van der Waals surface area contributed by atoms with Crippen LogP contribution in [0.3, 0.4) is 0 Å². The smallest absolute Gasteiger partial charge is 0.229 e. The molecule has 6 heteroatoms. The van der Waals surface area contributed by atoms with Crippen LogP contribution in [-0.4, -0.2) is 42.0 Å². The van der Waals surface area contributed by atoms with Gasteiger partial charge < -0.3 is 9.80 Å². The van der Waals surface area contributed by atoms with Gasteiger partial charge in [-0.15, -0.1) is 0 Å². The molecular formula is C15H18FN3OS. The molecule has 1 aliphatic heterocycles. The monoisotopic (exact) mass is 307 g/mol. The summed E-state index contributed by atoms with van der Waals surface area (Å²) in [6, 6.07) is 5.00. The van der Waals surface area contributed by atoms with Gasteiger partial charge in [-0.2, -0.15) is 0 Å². The first kappa shape index (κ1) is 14.3. The number of hydrogen-bond donors (Lipinski definition) is 0. The summed E-state index contributed by atoms with van der Waals surface area (Å²) < 4.78 is 14.5. The second-order valence-electron chi connectivity index (χ2n) is 5.20. The van der Waals surface area contributed by atoms with Gasteiger partial charge in [0.25, 0.3) is 0 Å². The summed E-state index contributed by atoms with van der Waals surface area (Å²) in [6.07, 6.45) is 0. The van der Waals surface area contributed by atoms with Crippen molar-refractivity contribution >= 4 is 32.6 Å². The summed E-state index contributed by atoms with van der Waals surface area (Å²) in [5, 5.41) is 0.804. The van der Waals surface area contributed by atoms with Gasteiger partial charge in [0.1, 0.15) is 11.3 Å². The lowest BCUT2D eigenvalue weighted by Crippen LogP contribution is -2.54. The first-order valence-electron chi connectivity index (χ1n) is 7.22. The number of carbonyl (C=O) groups excluding carboxylic acids is 1. The minimum absolute atomic E-state index is 0.0433. The van der Waals surface area contributed by atoms with Gasteiger partial charge in [-0.25, -0.2) is 9.37 Å². The van der Waals surface area contributed by atoms with Crippen LogP contribution < -0.4 is 4.90 Å². The Labute approximate surface area is 127 Å². The van der Waals surface area contributed by atoms with Crippen LogP contribution in [0.1, 0.15) is 13.8 Å². The predicted octanol–water partition coefficient (Wildman–Crippen LogP) is 2.74. The van der Waals surface area contributed by atoms with Crippen molar-refractivity contribution in [1.82, 2.24) is 9.88 Å². The van der Waals surface area contributed by atoms with Crippen molar-refractivity contribution in [2.75, 3.05) is 31.1 Å². The van der Waals surface area contributed by atoms with Crippen LogP contribution >= 0.6 is 11.3 Å². The Balaban J connectivity index is 1.70. The molecule has 0 saturated carbocycles. The molecule has 1 fully saturated rings. The maximum atomic E-state index is 13.7. The molecule has 21 heavy (non-hydrogen) atoms. The molecule has 0 unspecified atom stereocenters. The molecule has 2 aromatic rings. The summed E-state index contributed by atoms with van der Waals surface area (Å²) >= 11 is 1.48. The van der Waals surface area contributed by atoms with Gasteiger partial charge in [-0.1, -0.05) is 17.4 Å². The van der Waals surface area contributed by atoms with Gasteiger partial charge in [0.05, 0.1) is 10.6 Å². The van der Waals surface area contributed by atoms with Gasteiger partial charge >= 0.3 is 0 Å². The van der Waals surface area contributed by atoms with Crippen molar-refractivity contribution in [2.45, 2.75) is 13.8 Å². The highest BCUT2D eigenvalue weighted by Gasteiger charge is 2.36. The van der Waals surface area contributed by atoms with Gasteiger partial charge in [0.2, 0.25) is 5.91 Å². The van der Waals surface area contributed by atoms with E-state index >= 15 is 0 Å². The van der Waals surface area contributed by atoms with Crippen LogP contribution in [-0.2, 0) is 4.79 Å². The van der Waals surface area contributed by atoms with Gasteiger partial charge in [0, 0.05) is 26.2 Å². The number of amides is 1. The number of hydrogen-bond acceptors (Lipinski definition) is 4. The first-order chi connectivity index (χ1) is 10.1. The maximum absolute atomic E-state index is 13.7. The average Bonchev–Trinajstić information content (AvgIpc) is 2.83. The molecule has 1 aliphatic rings. The van der Waals surface area contributed by atoms with Crippen LogP contribution in [0.5, 0.6) is 0 Å². The van der Waals surface area contributed by atoms with E-state index in [0.29, 0.717) is 18.6 Å². The van der Waals surface area contributed by atoms with E-state index < -0.39 is 0 Å². The van der Waals surface area contributed by atoms with E-state index in [0.717, 1.165) is 22.9 Å². The molecule has 1 aromatic carbocycles. The minimum atomic E-state index is -0.286. The van der Waals surface area contributed by atoms with E-state index in [9.17, 15) is 9.18 Å². The lowest BCUT2D eigenvalue weighted by molar-refractivity contribution is -0.135. The molecule has 3 rings (SSSR count). The van der Waals surface area contributed by atoms with E-state index in [4.69, 9.17) is 0 Å². The van der Waals surface area contributed by atoms with E-state index in [1.165, 1.54) is 17.4 Å². The molecule has 0 N–H and O–H groups in total. The lowest BCUT2D eigenvalue weighted by Gasteiger charge is -2.40. The van der Waals surface area contributed by atoms with Gasteiger partial charge in [-0.3, -0.25) is 4.79 Å². The Kier molecular flexibility index (Phi) is 3.80. The standard InChI is InChI=1S/C15H18FN3OS/c1-3-18(4-2)14(20)10-8-19(9-10)15-17-13-11(16)6-5-7-12(13)21-15/h5-7,10H,3-4,8-9H2,1-2H3. The molecule has 0 aliphatic carbocycles. The Morgan fingerprint density at radius 1 is 1.43 bits per heavy atom. The normalized spacial score (nSPS) is 15.3. The lowest BCUT2D eigenvalue weighted by atomic mass is 9.99. The third-order valence-corrected chi connectivity index (χ3v) is 5.02. The molecule has 112 valence electrons.